The van der Waals surface area contributed by atoms with Gasteiger partial charge < -0.3 is 15.7 Å². The number of hydrogen-bond acceptors (Lipinski definition) is 2. The van der Waals surface area contributed by atoms with E-state index in [9.17, 15) is 9.59 Å². The highest BCUT2D eigenvalue weighted by Crippen LogP contribution is 2.31. The second-order valence-electron chi connectivity index (χ2n) is 5.51. The van der Waals surface area contributed by atoms with Crippen LogP contribution in [0.1, 0.15) is 24.8 Å². The molecular weight excluding hydrogens is 268 g/mol. The van der Waals surface area contributed by atoms with Gasteiger partial charge in [0.1, 0.15) is 0 Å². The minimum Gasteiger partial charge on any atom is -0.481 e. The van der Waals surface area contributed by atoms with Gasteiger partial charge in [0.2, 0.25) is 0 Å². The molecule has 0 aliphatic heterocycles. The van der Waals surface area contributed by atoms with Gasteiger partial charge in [0.25, 0.3) is 0 Å². The maximum absolute atomic E-state index is 11.7. The van der Waals surface area contributed by atoms with E-state index >= 15 is 0 Å². The molecule has 2 atom stereocenters. The van der Waals surface area contributed by atoms with Crippen molar-refractivity contribution in [3.8, 4) is 0 Å². The van der Waals surface area contributed by atoms with Crippen molar-refractivity contribution in [2.24, 2.45) is 11.8 Å². The third-order valence-electron chi connectivity index (χ3n) is 4.04. The van der Waals surface area contributed by atoms with Crippen LogP contribution in [0.25, 0.3) is 0 Å². The summed E-state index contributed by atoms with van der Waals surface area (Å²) in [6, 6.07) is 9.74. The van der Waals surface area contributed by atoms with Crippen LogP contribution in [0.5, 0.6) is 0 Å². The number of benzene rings is 1. The second kappa shape index (κ2) is 7.67. The van der Waals surface area contributed by atoms with Crippen molar-refractivity contribution >= 4 is 12.0 Å². The molecule has 5 heteroatoms. The van der Waals surface area contributed by atoms with Gasteiger partial charge in [-0.05, 0) is 30.7 Å². The zero-order chi connectivity index (χ0) is 15.1. The molecule has 3 N–H and O–H groups in total. The first kappa shape index (κ1) is 15.4. The molecular formula is C16H22N2O3. The molecule has 1 aliphatic rings. The molecule has 114 valence electrons. The summed E-state index contributed by atoms with van der Waals surface area (Å²) in [5.41, 5.74) is 1.18. The van der Waals surface area contributed by atoms with Gasteiger partial charge in [-0.2, -0.15) is 0 Å². The quantitative estimate of drug-likeness (QED) is 0.750. The van der Waals surface area contributed by atoms with Crippen LogP contribution in [0.3, 0.4) is 0 Å². The second-order valence-corrected chi connectivity index (χ2v) is 5.51. The molecule has 0 spiro atoms. The standard InChI is InChI=1S/C16H22N2O3/c19-15(20)14-8-4-7-13(14)11-18-16(21)17-10-9-12-5-2-1-3-6-12/h1-3,5-6,13-14H,4,7-11H2,(H,19,20)(H2,17,18,21). The number of carbonyl (C=O) groups excluding carboxylic acids is 1. The number of carbonyl (C=O) groups is 2. The van der Waals surface area contributed by atoms with Crippen molar-refractivity contribution in [3.05, 3.63) is 35.9 Å². The molecule has 0 radical (unpaired) electrons. The van der Waals surface area contributed by atoms with E-state index < -0.39 is 5.97 Å². The molecule has 1 aromatic rings. The van der Waals surface area contributed by atoms with Gasteiger partial charge in [-0.1, -0.05) is 36.8 Å². The maximum Gasteiger partial charge on any atom is 0.314 e. The van der Waals surface area contributed by atoms with Gasteiger partial charge in [-0.3, -0.25) is 4.79 Å². The van der Waals surface area contributed by atoms with Gasteiger partial charge in [-0.25, -0.2) is 4.79 Å². The van der Waals surface area contributed by atoms with E-state index in [-0.39, 0.29) is 17.9 Å². The van der Waals surface area contributed by atoms with Crippen molar-refractivity contribution in [3.63, 3.8) is 0 Å². The lowest BCUT2D eigenvalue weighted by atomic mass is 9.96. The number of nitrogens with one attached hydrogen (secondary N) is 2. The Hall–Kier alpha value is -2.04. The van der Waals surface area contributed by atoms with E-state index in [0.29, 0.717) is 13.1 Å². The summed E-state index contributed by atoms with van der Waals surface area (Å²) in [6.07, 6.45) is 3.31. The van der Waals surface area contributed by atoms with Crippen LogP contribution in [0.4, 0.5) is 4.79 Å². The molecule has 2 unspecified atom stereocenters. The predicted octanol–water partition coefficient (Wildman–Crippen LogP) is 2.03. The smallest absolute Gasteiger partial charge is 0.314 e. The Morgan fingerprint density at radius 1 is 1.14 bits per heavy atom. The maximum atomic E-state index is 11.7. The Kier molecular flexibility index (Phi) is 5.60. The van der Waals surface area contributed by atoms with E-state index in [2.05, 4.69) is 10.6 Å². The van der Waals surface area contributed by atoms with Gasteiger partial charge in [0.05, 0.1) is 5.92 Å². The zero-order valence-corrected chi connectivity index (χ0v) is 12.0. The molecule has 1 fully saturated rings. The molecule has 21 heavy (non-hydrogen) atoms. The number of urea groups is 1. The van der Waals surface area contributed by atoms with Crippen molar-refractivity contribution in [2.75, 3.05) is 13.1 Å². The third kappa shape index (κ3) is 4.77. The lowest BCUT2D eigenvalue weighted by Crippen LogP contribution is -2.40. The molecule has 1 aliphatic carbocycles. The number of carboxylic acids is 1. The number of carboxylic acid groups (broad SMARTS) is 1. The van der Waals surface area contributed by atoms with Crippen LogP contribution in [0.15, 0.2) is 30.3 Å². The van der Waals surface area contributed by atoms with Crippen molar-refractivity contribution in [1.82, 2.24) is 10.6 Å². The van der Waals surface area contributed by atoms with E-state index in [0.717, 1.165) is 25.7 Å². The number of amides is 2. The molecule has 0 heterocycles. The van der Waals surface area contributed by atoms with Gasteiger partial charge in [-0.15, -0.1) is 0 Å². The van der Waals surface area contributed by atoms with E-state index in [1.165, 1.54) is 5.56 Å². The summed E-state index contributed by atoms with van der Waals surface area (Å²) in [7, 11) is 0. The number of hydrogen-bond donors (Lipinski definition) is 3. The summed E-state index contributed by atoms with van der Waals surface area (Å²) in [4.78, 5) is 22.8. The first-order valence-electron chi connectivity index (χ1n) is 7.45. The van der Waals surface area contributed by atoms with Crippen LogP contribution in [-0.2, 0) is 11.2 Å². The first-order chi connectivity index (χ1) is 10.2. The Labute approximate surface area is 124 Å². The van der Waals surface area contributed by atoms with Crippen LogP contribution in [-0.4, -0.2) is 30.2 Å². The molecule has 0 aromatic heterocycles. The molecule has 1 saturated carbocycles. The zero-order valence-electron chi connectivity index (χ0n) is 12.0. The SMILES string of the molecule is O=C(NCCc1ccccc1)NCC1CCCC1C(=O)O. The lowest BCUT2D eigenvalue weighted by molar-refractivity contribution is -0.142. The lowest BCUT2D eigenvalue weighted by Gasteiger charge is -2.16. The average molecular weight is 290 g/mol. The predicted molar refractivity (Wildman–Crippen MR) is 80.0 cm³/mol. The molecule has 2 rings (SSSR count). The highest BCUT2D eigenvalue weighted by atomic mass is 16.4. The van der Waals surface area contributed by atoms with E-state index in [4.69, 9.17) is 5.11 Å². The fourth-order valence-corrected chi connectivity index (χ4v) is 2.86. The Bertz CT molecular complexity index is 476. The van der Waals surface area contributed by atoms with Gasteiger partial charge >= 0.3 is 12.0 Å². The fourth-order valence-electron chi connectivity index (χ4n) is 2.86. The normalized spacial score (nSPS) is 21.0. The molecule has 1 aromatic carbocycles. The molecule has 2 amide bonds. The Morgan fingerprint density at radius 2 is 1.90 bits per heavy atom. The molecule has 5 nitrogen and oxygen atoms in total. The monoisotopic (exact) mass is 290 g/mol. The fraction of sp³-hybridized carbons (Fsp3) is 0.500. The van der Waals surface area contributed by atoms with Gasteiger partial charge in [0.15, 0.2) is 0 Å². The van der Waals surface area contributed by atoms with Crippen molar-refractivity contribution < 1.29 is 14.7 Å². The topological polar surface area (TPSA) is 78.4 Å². The van der Waals surface area contributed by atoms with Crippen molar-refractivity contribution in [1.29, 1.82) is 0 Å². The van der Waals surface area contributed by atoms with E-state index in [1.807, 2.05) is 30.3 Å². The summed E-state index contributed by atoms with van der Waals surface area (Å²) in [5.74, 6) is -0.999. The molecule has 0 bridgehead atoms. The van der Waals surface area contributed by atoms with Crippen LogP contribution < -0.4 is 10.6 Å². The minimum absolute atomic E-state index is 0.0578. The number of aliphatic carboxylic acids is 1. The first-order valence-corrected chi connectivity index (χ1v) is 7.45. The number of rotatable bonds is 6. The summed E-state index contributed by atoms with van der Waals surface area (Å²) in [6.45, 7) is 1.01. The van der Waals surface area contributed by atoms with Crippen molar-refractivity contribution in [2.45, 2.75) is 25.7 Å². The van der Waals surface area contributed by atoms with Crippen LogP contribution in [0.2, 0.25) is 0 Å². The largest absolute Gasteiger partial charge is 0.481 e. The summed E-state index contributed by atoms with van der Waals surface area (Å²) in [5, 5.41) is 14.7. The van der Waals surface area contributed by atoms with E-state index in [1.54, 1.807) is 0 Å². The van der Waals surface area contributed by atoms with Crippen LogP contribution in [0, 0.1) is 11.8 Å². The Balaban J connectivity index is 1.65. The van der Waals surface area contributed by atoms with Gasteiger partial charge in [0, 0.05) is 13.1 Å². The Morgan fingerprint density at radius 3 is 2.62 bits per heavy atom. The average Bonchev–Trinajstić information content (AvgIpc) is 2.95. The minimum atomic E-state index is -0.746. The highest BCUT2D eigenvalue weighted by molar-refractivity contribution is 5.74. The summed E-state index contributed by atoms with van der Waals surface area (Å²) < 4.78 is 0. The molecule has 0 saturated heterocycles. The third-order valence-corrected chi connectivity index (χ3v) is 4.04. The van der Waals surface area contributed by atoms with Crippen LogP contribution >= 0.6 is 0 Å². The highest BCUT2D eigenvalue weighted by Gasteiger charge is 2.32. The summed E-state index contributed by atoms with van der Waals surface area (Å²) >= 11 is 0.